The second-order valence-corrected chi connectivity index (χ2v) is 7.42. The number of rotatable bonds is 3. The summed E-state index contributed by atoms with van der Waals surface area (Å²) in [7, 11) is 0. The molecule has 4 rings (SSSR count). The maximum atomic E-state index is 11.3. The molecule has 0 aromatic carbocycles. The van der Waals surface area contributed by atoms with Gasteiger partial charge in [-0.2, -0.15) is 0 Å². The second-order valence-electron chi connectivity index (χ2n) is 7.03. The molecule has 1 aliphatic heterocycles. The Kier molecular flexibility index (Phi) is 4.95. The Bertz CT molecular complexity index is 1050. The Hall–Kier alpha value is -2.64. The number of aryl methyl sites for hydroxylation is 2. The highest BCUT2D eigenvalue weighted by Crippen LogP contribution is 2.29. The predicted octanol–water partition coefficient (Wildman–Crippen LogP) is 3.59. The lowest BCUT2D eigenvalue weighted by Gasteiger charge is -2.31. The molecule has 1 atom stereocenters. The van der Waals surface area contributed by atoms with Gasteiger partial charge in [0, 0.05) is 30.4 Å². The van der Waals surface area contributed by atoms with Crippen molar-refractivity contribution in [3.63, 3.8) is 0 Å². The van der Waals surface area contributed by atoms with E-state index in [1.807, 2.05) is 42.6 Å². The first kappa shape index (κ1) is 18.7. The van der Waals surface area contributed by atoms with E-state index < -0.39 is 6.09 Å². The van der Waals surface area contributed by atoms with Crippen LogP contribution in [-0.2, 0) is 11.2 Å². The van der Waals surface area contributed by atoms with E-state index in [9.17, 15) is 9.90 Å². The van der Waals surface area contributed by atoms with Gasteiger partial charge in [0.2, 0.25) is 0 Å². The van der Waals surface area contributed by atoms with E-state index in [0.717, 1.165) is 33.9 Å². The molecule has 1 aliphatic rings. The van der Waals surface area contributed by atoms with E-state index in [1.165, 1.54) is 4.90 Å². The minimum atomic E-state index is -0.917. The number of carbonyl (C=O) groups is 1. The number of hydrogen-bond donors (Lipinski definition) is 1. The molecule has 0 saturated carbocycles. The largest absolute Gasteiger partial charge is 0.465 e. The van der Waals surface area contributed by atoms with Gasteiger partial charge in [0.1, 0.15) is 10.8 Å². The molecule has 0 bridgehead atoms. The molecule has 28 heavy (non-hydrogen) atoms. The van der Waals surface area contributed by atoms with Gasteiger partial charge in [0.15, 0.2) is 0 Å². The Morgan fingerprint density at radius 1 is 1.32 bits per heavy atom. The summed E-state index contributed by atoms with van der Waals surface area (Å²) in [5.74, 6) is 0. The first-order valence-corrected chi connectivity index (χ1v) is 9.51. The van der Waals surface area contributed by atoms with Gasteiger partial charge in [0.05, 0.1) is 30.6 Å². The summed E-state index contributed by atoms with van der Waals surface area (Å²) in [5.41, 5.74) is 5.46. The molecule has 1 amide bonds. The molecular formula is C20H21ClN4O3. The van der Waals surface area contributed by atoms with Gasteiger partial charge in [-0.3, -0.25) is 0 Å². The zero-order valence-corrected chi connectivity index (χ0v) is 16.5. The number of halogens is 1. The van der Waals surface area contributed by atoms with Gasteiger partial charge in [-0.25, -0.2) is 14.8 Å². The molecule has 1 fully saturated rings. The van der Waals surface area contributed by atoms with Crippen molar-refractivity contribution in [1.82, 2.24) is 19.3 Å². The zero-order chi connectivity index (χ0) is 19.8. The van der Waals surface area contributed by atoms with Crippen LogP contribution in [0.25, 0.3) is 16.9 Å². The highest BCUT2D eigenvalue weighted by atomic mass is 35.5. The Labute approximate surface area is 167 Å². The fourth-order valence-corrected chi connectivity index (χ4v) is 3.81. The number of fused-ring (bicyclic) bond motifs is 1. The van der Waals surface area contributed by atoms with Crippen LogP contribution in [0.4, 0.5) is 4.79 Å². The third-order valence-electron chi connectivity index (χ3n) is 5.02. The molecule has 3 aromatic heterocycles. The van der Waals surface area contributed by atoms with Gasteiger partial charge >= 0.3 is 6.09 Å². The van der Waals surface area contributed by atoms with Gasteiger partial charge in [-0.05, 0) is 43.7 Å². The topological polar surface area (TPSA) is 80.0 Å². The summed E-state index contributed by atoms with van der Waals surface area (Å²) < 4.78 is 7.90. The maximum Gasteiger partial charge on any atom is 0.407 e. The number of hydrogen-bond acceptors (Lipinski definition) is 4. The molecule has 146 valence electrons. The lowest BCUT2D eigenvalue weighted by atomic mass is 10.0. The minimum Gasteiger partial charge on any atom is -0.465 e. The Morgan fingerprint density at radius 2 is 2.14 bits per heavy atom. The fraction of sp³-hybridized carbons (Fsp3) is 0.350. The van der Waals surface area contributed by atoms with Crippen molar-refractivity contribution >= 4 is 23.3 Å². The monoisotopic (exact) mass is 400 g/mol. The number of ether oxygens (including phenoxy) is 1. The van der Waals surface area contributed by atoms with Crippen molar-refractivity contribution in [3.8, 4) is 11.3 Å². The van der Waals surface area contributed by atoms with Crippen molar-refractivity contribution in [3.05, 3.63) is 52.6 Å². The minimum absolute atomic E-state index is 0.231. The van der Waals surface area contributed by atoms with Crippen LogP contribution in [0.2, 0.25) is 5.15 Å². The average Bonchev–Trinajstić information content (AvgIpc) is 2.99. The van der Waals surface area contributed by atoms with Crippen molar-refractivity contribution < 1.29 is 14.6 Å². The third-order valence-corrected chi connectivity index (χ3v) is 5.23. The third kappa shape index (κ3) is 3.55. The van der Waals surface area contributed by atoms with Gasteiger partial charge in [-0.15, -0.1) is 0 Å². The number of morpholine rings is 1. The number of aromatic nitrogens is 3. The number of imidazole rings is 1. The van der Waals surface area contributed by atoms with Crippen LogP contribution < -0.4 is 0 Å². The van der Waals surface area contributed by atoms with Crippen molar-refractivity contribution in [1.29, 1.82) is 0 Å². The van der Waals surface area contributed by atoms with Crippen LogP contribution in [0.1, 0.15) is 17.0 Å². The van der Waals surface area contributed by atoms with Crippen molar-refractivity contribution in [2.45, 2.75) is 26.4 Å². The highest BCUT2D eigenvalue weighted by molar-refractivity contribution is 6.29. The van der Waals surface area contributed by atoms with E-state index in [0.29, 0.717) is 31.3 Å². The SMILES string of the molecule is Cc1ccn2c(C[C@H]3CN(C(=O)O)CCO3)c(-c3ccc(Cl)nc3C)nc2c1. The quantitative estimate of drug-likeness (QED) is 0.679. The zero-order valence-electron chi connectivity index (χ0n) is 15.7. The maximum absolute atomic E-state index is 11.3. The summed E-state index contributed by atoms with van der Waals surface area (Å²) in [6, 6.07) is 7.73. The summed E-state index contributed by atoms with van der Waals surface area (Å²) in [5, 5.41) is 9.75. The van der Waals surface area contributed by atoms with Crippen LogP contribution in [0, 0.1) is 13.8 Å². The molecule has 1 saturated heterocycles. The Balaban J connectivity index is 1.78. The lowest BCUT2D eigenvalue weighted by Crippen LogP contribution is -2.45. The number of pyridine rings is 2. The molecule has 0 radical (unpaired) electrons. The van der Waals surface area contributed by atoms with Crippen LogP contribution in [0.15, 0.2) is 30.5 Å². The molecule has 0 unspecified atom stereocenters. The summed E-state index contributed by atoms with van der Waals surface area (Å²) in [6.45, 7) is 5.06. The first-order chi connectivity index (χ1) is 13.4. The second kappa shape index (κ2) is 7.41. The standard InChI is InChI=1S/C20H21ClN4O3/c1-12-5-6-25-16(10-14-11-24(20(26)27)7-8-28-14)19(23-18(25)9-12)15-3-4-17(21)22-13(15)2/h3-6,9,14H,7-8,10-11H2,1-2H3,(H,26,27)/t14-/m0/s1. The average molecular weight is 401 g/mol. The summed E-state index contributed by atoms with van der Waals surface area (Å²) >= 11 is 6.03. The van der Waals surface area contributed by atoms with Gasteiger partial charge < -0.3 is 19.1 Å². The first-order valence-electron chi connectivity index (χ1n) is 9.13. The molecule has 3 aromatic rings. The van der Waals surface area contributed by atoms with Crippen LogP contribution in [-0.4, -0.2) is 56.3 Å². The smallest absolute Gasteiger partial charge is 0.407 e. The van der Waals surface area contributed by atoms with E-state index >= 15 is 0 Å². The lowest BCUT2D eigenvalue weighted by molar-refractivity contribution is -0.0214. The van der Waals surface area contributed by atoms with E-state index in [-0.39, 0.29) is 6.10 Å². The Morgan fingerprint density at radius 3 is 2.89 bits per heavy atom. The van der Waals surface area contributed by atoms with E-state index in [2.05, 4.69) is 4.98 Å². The van der Waals surface area contributed by atoms with E-state index in [4.69, 9.17) is 21.3 Å². The van der Waals surface area contributed by atoms with Gasteiger partial charge in [-0.1, -0.05) is 11.6 Å². The van der Waals surface area contributed by atoms with Crippen LogP contribution in [0.5, 0.6) is 0 Å². The van der Waals surface area contributed by atoms with Crippen molar-refractivity contribution in [2.24, 2.45) is 0 Å². The summed E-state index contributed by atoms with van der Waals surface area (Å²) in [6.07, 6.45) is 1.39. The highest BCUT2D eigenvalue weighted by Gasteiger charge is 2.27. The summed E-state index contributed by atoms with van der Waals surface area (Å²) in [4.78, 5) is 22.0. The van der Waals surface area contributed by atoms with Crippen LogP contribution in [0.3, 0.4) is 0 Å². The molecular weight excluding hydrogens is 380 g/mol. The molecule has 0 aliphatic carbocycles. The molecule has 7 nitrogen and oxygen atoms in total. The molecule has 1 N–H and O–H groups in total. The molecule has 4 heterocycles. The van der Waals surface area contributed by atoms with E-state index in [1.54, 1.807) is 6.07 Å². The number of carboxylic acid groups (broad SMARTS) is 1. The normalized spacial score (nSPS) is 17.2. The molecule has 8 heteroatoms. The fourth-order valence-electron chi connectivity index (χ4n) is 3.62. The predicted molar refractivity (Wildman–Crippen MR) is 106 cm³/mol. The molecule has 0 spiro atoms. The van der Waals surface area contributed by atoms with Crippen LogP contribution >= 0.6 is 11.6 Å². The number of nitrogens with zero attached hydrogens (tertiary/aromatic N) is 4. The van der Waals surface area contributed by atoms with Crippen molar-refractivity contribution in [2.75, 3.05) is 19.7 Å². The van der Waals surface area contributed by atoms with Gasteiger partial charge in [0.25, 0.3) is 0 Å². The number of amides is 1.